The predicted molar refractivity (Wildman–Crippen MR) is 77.1 cm³/mol. The molecule has 4 nitrogen and oxygen atoms in total. The normalized spacial score (nSPS) is 13.6. The molecular formula is C16H17NO3. The fraction of sp³-hybridized carbons (Fsp3) is 0.188. The van der Waals surface area contributed by atoms with Crippen LogP contribution in [-0.2, 0) is 4.79 Å². The lowest BCUT2D eigenvalue weighted by molar-refractivity contribution is -0.114. The summed E-state index contributed by atoms with van der Waals surface area (Å²) in [6.07, 6.45) is -1.99. The second kappa shape index (κ2) is 6.32. The number of benzene rings is 2. The van der Waals surface area contributed by atoms with Crippen LogP contribution in [0.15, 0.2) is 54.6 Å². The van der Waals surface area contributed by atoms with Crippen molar-refractivity contribution < 1.29 is 15.0 Å². The zero-order chi connectivity index (χ0) is 14.5. The molecule has 0 aliphatic rings. The Bertz CT molecular complexity index is 566. The van der Waals surface area contributed by atoms with Gasteiger partial charge in [-0.3, -0.25) is 4.79 Å². The number of anilines is 1. The van der Waals surface area contributed by atoms with Gasteiger partial charge >= 0.3 is 0 Å². The molecular weight excluding hydrogens is 254 g/mol. The van der Waals surface area contributed by atoms with E-state index >= 15 is 0 Å². The molecule has 0 fully saturated rings. The molecule has 0 unspecified atom stereocenters. The Kier molecular flexibility index (Phi) is 4.50. The van der Waals surface area contributed by atoms with Crippen LogP contribution in [0.5, 0.6) is 0 Å². The van der Waals surface area contributed by atoms with Gasteiger partial charge in [-0.2, -0.15) is 0 Å². The molecule has 1 amide bonds. The van der Waals surface area contributed by atoms with Crippen LogP contribution in [0.1, 0.15) is 30.3 Å². The number of carbonyl (C=O) groups excluding carboxylic acids is 1. The molecule has 0 saturated carbocycles. The first-order valence-electron chi connectivity index (χ1n) is 6.36. The van der Waals surface area contributed by atoms with E-state index in [0.29, 0.717) is 16.8 Å². The van der Waals surface area contributed by atoms with E-state index in [-0.39, 0.29) is 5.91 Å². The highest BCUT2D eigenvalue weighted by atomic mass is 16.3. The fourth-order valence-corrected chi connectivity index (χ4v) is 1.98. The number of amides is 1. The summed E-state index contributed by atoms with van der Waals surface area (Å²) in [6, 6.07) is 15.7. The number of nitrogens with one attached hydrogen (secondary N) is 1. The summed E-state index contributed by atoms with van der Waals surface area (Å²) >= 11 is 0. The molecule has 2 atom stereocenters. The Balaban J connectivity index is 2.13. The molecule has 3 N–H and O–H groups in total. The molecule has 4 heteroatoms. The molecule has 2 aromatic carbocycles. The van der Waals surface area contributed by atoms with Crippen molar-refractivity contribution in [1.29, 1.82) is 0 Å². The van der Waals surface area contributed by atoms with Gasteiger partial charge in [0.05, 0.1) is 0 Å². The van der Waals surface area contributed by atoms with Crippen molar-refractivity contribution in [3.63, 3.8) is 0 Å². The van der Waals surface area contributed by atoms with Gasteiger partial charge in [0.15, 0.2) is 0 Å². The second-order valence-electron chi connectivity index (χ2n) is 4.60. The molecule has 0 aliphatic heterocycles. The van der Waals surface area contributed by atoms with E-state index in [1.54, 1.807) is 36.4 Å². The number of aliphatic hydroxyl groups is 2. The topological polar surface area (TPSA) is 69.6 Å². The summed E-state index contributed by atoms with van der Waals surface area (Å²) in [5.74, 6) is -0.150. The van der Waals surface area contributed by atoms with Crippen LogP contribution in [0.4, 0.5) is 5.69 Å². The number of carbonyl (C=O) groups is 1. The summed E-state index contributed by atoms with van der Waals surface area (Å²) in [6.45, 7) is 1.43. The lowest BCUT2D eigenvalue weighted by Crippen LogP contribution is -2.11. The van der Waals surface area contributed by atoms with Gasteiger partial charge in [0, 0.05) is 12.6 Å². The van der Waals surface area contributed by atoms with Gasteiger partial charge in [-0.25, -0.2) is 0 Å². The smallest absolute Gasteiger partial charge is 0.221 e. The minimum absolute atomic E-state index is 0.150. The molecule has 0 bridgehead atoms. The van der Waals surface area contributed by atoms with Crippen LogP contribution < -0.4 is 5.32 Å². The zero-order valence-corrected chi connectivity index (χ0v) is 11.2. The van der Waals surface area contributed by atoms with E-state index in [9.17, 15) is 15.0 Å². The Morgan fingerprint density at radius 3 is 1.90 bits per heavy atom. The summed E-state index contributed by atoms with van der Waals surface area (Å²) in [4.78, 5) is 10.9. The largest absolute Gasteiger partial charge is 0.385 e. The van der Waals surface area contributed by atoms with Crippen molar-refractivity contribution in [2.24, 2.45) is 0 Å². The number of rotatable bonds is 4. The average Bonchev–Trinajstić information content (AvgIpc) is 2.47. The van der Waals surface area contributed by atoms with Gasteiger partial charge in [-0.05, 0) is 23.3 Å². The maximum absolute atomic E-state index is 10.9. The van der Waals surface area contributed by atoms with Crippen molar-refractivity contribution in [1.82, 2.24) is 0 Å². The number of hydrogen-bond acceptors (Lipinski definition) is 3. The maximum Gasteiger partial charge on any atom is 0.221 e. The first-order valence-corrected chi connectivity index (χ1v) is 6.36. The summed E-state index contributed by atoms with van der Waals surface area (Å²) in [7, 11) is 0. The van der Waals surface area contributed by atoms with Gasteiger partial charge in [0.25, 0.3) is 0 Å². The van der Waals surface area contributed by atoms with Crippen LogP contribution in [-0.4, -0.2) is 16.1 Å². The fourth-order valence-electron chi connectivity index (χ4n) is 1.98. The lowest BCUT2D eigenvalue weighted by atomic mass is 9.98. The lowest BCUT2D eigenvalue weighted by Gasteiger charge is -2.18. The number of hydrogen-bond donors (Lipinski definition) is 3. The molecule has 2 rings (SSSR count). The Labute approximate surface area is 117 Å². The molecule has 0 radical (unpaired) electrons. The number of aliphatic hydroxyl groups excluding tert-OH is 2. The van der Waals surface area contributed by atoms with Crippen LogP contribution >= 0.6 is 0 Å². The molecule has 2 aromatic rings. The quantitative estimate of drug-likeness (QED) is 0.799. The monoisotopic (exact) mass is 271 g/mol. The maximum atomic E-state index is 10.9. The van der Waals surface area contributed by atoms with Gasteiger partial charge in [-0.15, -0.1) is 0 Å². The van der Waals surface area contributed by atoms with E-state index in [0.717, 1.165) is 0 Å². The van der Waals surface area contributed by atoms with E-state index in [2.05, 4.69) is 5.32 Å². The van der Waals surface area contributed by atoms with E-state index in [4.69, 9.17) is 0 Å². The van der Waals surface area contributed by atoms with Crippen molar-refractivity contribution in [3.05, 3.63) is 65.7 Å². The standard InChI is InChI=1S/C16H17NO3/c1-11(18)17-14-9-7-13(8-10-14)16(20)15(19)12-5-3-2-4-6-12/h2-10,15-16,19-20H,1H3,(H,17,18)/t15-,16-/m1/s1. The molecule has 104 valence electrons. The molecule has 0 aliphatic carbocycles. The van der Waals surface area contributed by atoms with Crippen molar-refractivity contribution in [2.45, 2.75) is 19.1 Å². The van der Waals surface area contributed by atoms with E-state index in [1.807, 2.05) is 18.2 Å². The molecule has 0 spiro atoms. The molecule has 0 saturated heterocycles. The van der Waals surface area contributed by atoms with E-state index in [1.165, 1.54) is 6.92 Å². The Hall–Kier alpha value is -2.17. The highest BCUT2D eigenvalue weighted by Crippen LogP contribution is 2.29. The molecule has 20 heavy (non-hydrogen) atoms. The van der Waals surface area contributed by atoms with Crippen LogP contribution in [0.2, 0.25) is 0 Å². The summed E-state index contributed by atoms with van der Waals surface area (Å²) in [5.41, 5.74) is 1.91. The van der Waals surface area contributed by atoms with Crippen molar-refractivity contribution >= 4 is 11.6 Å². The van der Waals surface area contributed by atoms with Crippen LogP contribution in [0.3, 0.4) is 0 Å². The molecule has 0 heterocycles. The Morgan fingerprint density at radius 2 is 1.40 bits per heavy atom. The SMILES string of the molecule is CC(=O)Nc1ccc([C@@H](O)[C@H](O)c2ccccc2)cc1. The summed E-state index contributed by atoms with van der Waals surface area (Å²) < 4.78 is 0. The predicted octanol–water partition coefficient (Wildman–Crippen LogP) is 2.41. The van der Waals surface area contributed by atoms with Gasteiger partial charge in [-0.1, -0.05) is 42.5 Å². The van der Waals surface area contributed by atoms with Crippen molar-refractivity contribution in [3.8, 4) is 0 Å². The highest BCUT2D eigenvalue weighted by molar-refractivity contribution is 5.88. The van der Waals surface area contributed by atoms with Crippen LogP contribution in [0, 0.1) is 0 Å². The summed E-state index contributed by atoms with van der Waals surface area (Å²) in [5, 5.41) is 23.0. The van der Waals surface area contributed by atoms with Crippen LogP contribution in [0.25, 0.3) is 0 Å². The first-order chi connectivity index (χ1) is 9.58. The van der Waals surface area contributed by atoms with Gasteiger partial charge in [0.2, 0.25) is 5.91 Å². The van der Waals surface area contributed by atoms with Gasteiger partial charge < -0.3 is 15.5 Å². The van der Waals surface area contributed by atoms with Gasteiger partial charge in [0.1, 0.15) is 12.2 Å². The Morgan fingerprint density at radius 1 is 0.900 bits per heavy atom. The third kappa shape index (κ3) is 3.44. The minimum atomic E-state index is -1.01. The third-order valence-corrected chi connectivity index (χ3v) is 3.01. The molecule has 0 aromatic heterocycles. The first kappa shape index (κ1) is 14.2. The van der Waals surface area contributed by atoms with E-state index < -0.39 is 12.2 Å². The highest BCUT2D eigenvalue weighted by Gasteiger charge is 2.19. The minimum Gasteiger partial charge on any atom is -0.385 e. The second-order valence-corrected chi connectivity index (χ2v) is 4.60. The average molecular weight is 271 g/mol. The zero-order valence-electron chi connectivity index (χ0n) is 11.2. The third-order valence-electron chi connectivity index (χ3n) is 3.01. The van der Waals surface area contributed by atoms with Crippen molar-refractivity contribution in [2.75, 3.05) is 5.32 Å².